The molecule has 0 amide bonds. The molecule has 0 radical (unpaired) electrons. The van der Waals surface area contributed by atoms with Crippen LogP contribution in [0, 0.1) is 0 Å². The molecule has 0 aliphatic rings. The Morgan fingerprint density at radius 2 is 2.17 bits per heavy atom. The summed E-state index contributed by atoms with van der Waals surface area (Å²) in [5.41, 5.74) is 4.70. The van der Waals surface area contributed by atoms with E-state index in [9.17, 15) is 13.2 Å². The molecule has 0 spiro atoms. The Bertz CT molecular complexity index is 534. The first-order valence-corrected chi connectivity index (χ1v) is 5.38. The van der Waals surface area contributed by atoms with Crippen molar-refractivity contribution in [3.63, 3.8) is 0 Å². The summed E-state index contributed by atoms with van der Waals surface area (Å²) in [6, 6.07) is 0.970. The van der Waals surface area contributed by atoms with Gasteiger partial charge in [-0.15, -0.1) is 0 Å². The largest absolute Gasteiger partial charge is 0.435 e. The van der Waals surface area contributed by atoms with E-state index in [4.69, 9.17) is 5.73 Å². The smallest absolute Gasteiger partial charge is 0.368 e. The standard InChI is InChI=1S/C10H12F3N5/c11-10(12,13)8-6-7-9(15-3-1-2-14)16-4-5-18(7)17-8/h4-6H,1-3,14H2,(H,15,16). The molecule has 2 rings (SSSR count). The Morgan fingerprint density at radius 1 is 1.39 bits per heavy atom. The molecule has 2 aromatic heterocycles. The van der Waals surface area contributed by atoms with Crippen molar-refractivity contribution in [2.45, 2.75) is 12.6 Å². The molecule has 0 bridgehead atoms. The van der Waals surface area contributed by atoms with Gasteiger partial charge in [-0.05, 0) is 13.0 Å². The second-order valence-electron chi connectivity index (χ2n) is 3.70. The highest BCUT2D eigenvalue weighted by atomic mass is 19.4. The van der Waals surface area contributed by atoms with Crippen molar-refractivity contribution in [1.82, 2.24) is 14.6 Å². The van der Waals surface area contributed by atoms with Crippen LogP contribution in [0.2, 0.25) is 0 Å². The number of rotatable bonds is 4. The van der Waals surface area contributed by atoms with Crippen LogP contribution in [0.4, 0.5) is 19.0 Å². The Morgan fingerprint density at radius 3 is 2.83 bits per heavy atom. The third-order valence-corrected chi connectivity index (χ3v) is 2.35. The molecule has 0 aliphatic heterocycles. The van der Waals surface area contributed by atoms with Crippen LogP contribution in [-0.4, -0.2) is 27.7 Å². The molecule has 0 aliphatic carbocycles. The predicted octanol–water partition coefficient (Wildman–Crippen LogP) is 1.51. The van der Waals surface area contributed by atoms with Gasteiger partial charge in [0, 0.05) is 25.0 Å². The van der Waals surface area contributed by atoms with Gasteiger partial charge in [0.2, 0.25) is 0 Å². The molecule has 0 aromatic carbocycles. The number of nitrogens with two attached hydrogens (primary N) is 1. The fourth-order valence-corrected chi connectivity index (χ4v) is 1.51. The molecule has 0 saturated carbocycles. The van der Waals surface area contributed by atoms with E-state index in [2.05, 4.69) is 15.4 Å². The molecule has 8 heteroatoms. The molecule has 2 aromatic rings. The number of aromatic nitrogens is 3. The van der Waals surface area contributed by atoms with Crippen molar-refractivity contribution < 1.29 is 13.2 Å². The van der Waals surface area contributed by atoms with Crippen LogP contribution in [0.15, 0.2) is 18.5 Å². The minimum absolute atomic E-state index is 0.293. The Kier molecular flexibility index (Phi) is 3.37. The molecule has 5 nitrogen and oxygen atoms in total. The van der Waals surface area contributed by atoms with Gasteiger partial charge in [0.1, 0.15) is 5.52 Å². The van der Waals surface area contributed by atoms with Crippen molar-refractivity contribution in [2.24, 2.45) is 5.73 Å². The van der Waals surface area contributed by atoms with E-state index in [1.807, 2.05) is 0 Å². The molecule has 0 fully saturated rings. The zero-order valence-corrected chi connectivity index (χ0v) is 9.41. The first-order valence-electron chi connectivity index (χ1n) is 5.38. The lowest BCUT2D eigenvalue weighted by molar-refractivity contribution is -0.141. The summed E-state index contributed by atoms with van der Waals surface area (Å²) >= 11 is 0. The summed E-state index contributed by atoms with van der Waals surface area (Å²) < 4.78 is 38.7. The molecular formula is C10H12F3N5. The van der Waals surface area contributed by atoms with Gasteiger partial charge in [0.15, 0.2) is 11.5 Å². The average Bonchev–Trinajstić information content (AvgIpc) is 2.73. The maximum absolute atomic E-state index is 12.5. The molecule has 18 heavy (non-hydrogen) atoms. The first-order chi connectivity index (χ1) is 8.52. The quantitative estimate of drug-likeness (QED) is 0.817. The fourth-order valence-electron chi connectivity index (χ4n) is 1.51. The molecule has 0 saturated heterocycles. The van der Waals surface area contributed by atoms with Crippen molar-refractivity contribution in [3.05, 3.63) is 24.2 Å². The predicted molar refractivity (Wildman–Crippen MR) is 60.2 cm³/mol. The maximum Gasteiger partial charge on any atom is 0.435 e. The number of fused-ring (bicyclic) bond motifs is 1. The molecule has 0 unspecified atom stereocenters. The summed E-state index contributed by atoms with van der Waals surface area (Å²) in [6.07, 6.45) is -0.979. The van der Waals surface area contributed by atoms with E-state index in [1.165, 1.54) is 12.4 Å². The molecule has 3 N–H and O–H groups in total. The maximum atomic E-state index is 12.5. The lowest BCUT2D eigenvalue weighted by Crippen LogP contribution is -2.10. The van der Waals surface area contributed by atoms with E-state index in [1.54, 1.807) is 0 Å². The number of anilines is 1. The minimum atomic E-state index is -4.46. The van der Waals surface area contributed by atoms with E-state index in [0.717, 1.165) is 10.6 Å². The normalized spacial score (nSPS) is 12.0. The van der Waals surface area contributed by atoms with E-state index in [0.29, 0.717) is 30.8 Å². The first kappa shape index (κ1) is 12.6. The van der Waals surface area contributed by atoms with Crippen molar-refractivity contribution >= 4 is 11.3 Å². The number of nitrogens with one attached hydrogen (secondary N) is 1. The van der Waals surface area contributed by atoms with Crippen molar-refractivity contribution in [3.8, 4) is 0 Å². The summed E-state index contributed by atoms with van der Waals surface area (Å²) in [4.78, 5) is 3.99. The van der Waals surface area contributed by atoms with E-state index in [-0.39, 0.29) is 0 Å². The number of hydrogen-bond acceptors (Lipinski definition) is 4. The Balaban J connectivity index is 2.33. The van der Waals surface area contributed by atoms with Crippen LogP contribution in [0.1, 0.15) is 12.1 Å². The Hall–Kier alpha value is -1.83. The Labute approximate surface area is 101 Å². The lowest BCUT2D eigenvalue weighted by atomic mass is 10.3. The summed E-state index contributed by atoms with van der Waals surface area (Å²) in [5, 5.41) is 6.39. The fraction of sp³-hybridized carbons (Fsp3) is 0.400. The van der Waals surface area contributed by atoms with Crippen molar-refractivity contribution in [2.75, 3.05) is 18.4 Å². The SMILES string of the molecule is NCCCNc1nccn2nc(C(F)(F)F)cc12. The van der Waals surface area contributed by atoms with Gasteiger partial charge in [0.25, 0.3) is 0 Å². The second kappa shape index (κ2) is 4.81. The van der Waals surface area contributed by atoms with Gasteiger partial charge < -0.3 is 11.1 Å². The van der Waals surface area contributed by atoms with Crippen LogP contribution in [0.5, 0.6) is 0 Å². The van der Waals surface area contributed by atoms with Gasteiger partial charge in [-0.1, -0.05) is 0 Å². The topological polar surface area (TPSA) is 68.2 Å². The van der Waals surface area contributed by atoms with Gasteiger partial charge in [-0.2, -0.15) is 18.3 Å². The number of hydrogen-bond donors (Lipinski definition) is 2. The molecular weight excluding hydrogens is 247 g/mol. The lowest BCUT2D eigenvalue weighted by Gasteiger charge is -2.05. The van der Waals surface area contributed by atoms with Gasteiger partial charge in [-0.25, -0.2) is 9.50 Å². The van der Waals surface area contributed by atoms with Crippen LogP contribution in [0.25, 0.3) is 5.52 Å². The zero-order chi connectivity index (χ0) is 13.2. The monoisotopic (exact) mass is 259 g/mol. The highest BCUT2D eigenvalue weighted by Crippen LogP contribution is 2.29. The summed E-state index contributed by atoms with van der Waals surface area (Å²) in [6.45, 7) is 1.05. The summed E-state index contributed by atoms with van der Waals surface area (Å²) in [5.74, 6) is 0.369. The second-order valence-corrected chi connectivity index (χ2v) is 3.70. The van der Waals surface area contributed by atoms with Crippen LogP contribution < -0.4 is 11.1 Å². The highest BCUT2D eigenvalue weighted by Gasteiger charge is 2.34. The number of halogens is 3. The average molecular weight is 259 g/mol. The number of alkyl halides is 3. The van der Waals surface area contributed by atoms with Gasteiger partial charge >= 0.3 is 6.18 Å². The van der Waals surface area contributed by atoms with Crippen LogP contribution in [-0.2, 0) is 6.18 Å². The van der Waals surface area contributed by atoms with Gasteiger partial charge in [0.05, 0.1) is 0 Å². The third-order valence-electron chi connectivity index (χ3n) is 2.35. The van der Waals surface area contributed by atoms with Gasteiger partial charge in [-0.3, -0.25) is 0 Å². The minimum Gasteiger partial charge on any atom is -0.368 e. The molecule has 2 heterocycles. The molecule has 0 atom stereocenters. The van der Waals surface area contributed by atoms with E-state index >= 15 is 0 Å². The van der Waals surface area contributed by atoms with E-state index < -0.39 is 11.9 Å². The van der Waals surface area contributed by atoms with Crippen molar-refractivity contribution in [1.29, 1.82) is 0 Å². The zero-order valence-electron chi connectivity index (χ0n) is 9.41. The summed E-state index contributed by atoms with van der Waals surface area (Å²) in [7, 11) is 0. The van der Waals surface area contributed by atoms with Crippen LogP contribution >= 0.6 is 0 Å². The molecule has 98 valence electrons. The van der Waals surface area contributed by atoms with Crippen LogP contribution in [0.3, 0.4) is 0 Å². The number of nitrogens with zero attached hydrogens (tertiary/aromatic N) is 3. The highest BCUT2D eigenvalue weighted by molar-refractivity contribution is 5.67. The third kappa shape index (κ3) is 2.53.